The number of aldehydes is 1. The zero-order chi connectivity index (χ0) is 13.1. The molecule has 0 aromatic heterocycles. The van der Waals surface area contributed by atoms with Crippen LogP contribution in [0.15, 0.2) is 50.7 Å². The zero-order valence-electron chi connectivity index (χ0n) is 8.99. The summed E-state index contributed by atoms with van der Waals surface area (Å²) in [7, 11) is 0. The second kappa shape index (κ2) is 5.63. The maximum absolute atomic E-state index is 13.1. The van der Waals surface area contributed by atoms with Gasteiger partial charge in [0.05, 0.1) is 0 Å². The molecular formula is C13H7BrF2OS. The Bertz CT molecular complexity index is 602. The van der Waals surface area contributed by atoms with Crippen LogP contribution in [0.25, 0.3) is 0 Å². The van der Waals surface area contributed by atoms with Crippen molar-refractivity contribution >= 4 is 34.0 Å². The van der Waals surface area contributed by atoms with Crippen molar-refractivity contribution in [2.24, 2.45) is 0 Å². The fraction of sp³-hybridized carbons (Fsp3) is 0. The van der Waals surface area contributed by atoms with Gasteiger partial charge in [-0.25, -0.2) is 8.78 Å². The minimum atomic E-state index is -0.898. The van der Waals surface area contributed by atoms with Crippen molar-refractivity contribution in [1.29, 1.82) is 0 Å². The molecule has 0 atom stereocenters. The molecule has 0 aliphatic heterocycles. The summed E-state index contributed by atoms with van der Waals surface area (Å²) in [5.74, 6) is -1.78. The molecule has 0 aliphatic carbocycles. The molecule has 0 saturated heterocycles. The summed E-state index contributed by atoms with van der Waals surface area (Å²) >= 11 is 4.48. The first-order valence-electron chi connectivity index (χ1n) is 4.98. The fourth-order valence-electron chi connectivity index (χ4n) is 1.37. The van der Waals surface area contributed by atoms with E-state index in [-0.39, 0.29) is 0 Å². The third kappa shape index (κ3) is 2.97. The van der Waals surface area contributed by atoms with E-state index in [0.717, 1.165) is 22.9 Å². The van der Waals surface area contributed by atoms with Crippen molar-refractivity contribution < 1.29 is 13.6 Å². The summed E-state index contributed by atoms with van der Waals surface area (Å²) in [5, 5.41) is 0. The first kappa shape index (κ1) is 13.2. The average molecular weight is 329 g/mol. The largest absolute Gasteiger partial charge is 0.298 e. The predicted octanol–water partition coefficient (Wildman–Crippen LogP) is 4.69. The monoisotopic (exact) mass is 328 g/mol. The second-order valence-corrected chi connectivity index (χ2v) is 5.51. The van der Waals surface area contributed by atoms with E-state index in [1.54, 1.807) is 18.2 Å². The van der Waals surface area contributed by atoms with Gasteiger partial charge in [0.25, 0.3) is 0 Å². The van der Waals surface area contributed by atoms with Crippen LogP contribution in [0, 0.1) is 11.6 Å². The summed E-state index contributed by atoms with van der Waals surface area (Å²) in [4.78, 5) is 12.2. The molecule has 2 aromatic carbocycles. The molecule has 0 amide bonds. The molecule has 2 rings (SSSR count). The molecule has 0 aliphatic rings. The predicted molar refractivity (Wildman–Crippen MR) is 70.0 cm³/mol. The van der Waals surface area contributed by atoms with E-state index in [0.29, 0.717) is 15.4 Å². The Morgan fingerprint density at radius 1 is 1.06 bits per heavy atom. The maximum atomic E-state index is 13.1. The van der Waals surface area contributed by atoms with Gasteiger partial charge in [0.15, 0.2) is 17.9 Å². The van der Waals surface area contributed by atoms with Crippen molar-refractivity contribution in [3.63, 3.8) is 0 Å². The number of hydrogen-bond acceptors (Lipinski definition) is 2. The Kier molecular flexibility index (Phi) is 4.14. The van der Waals surface area contributed by atoms with Gasteiger partial charge in [0.1, 0.15) is 0 Å². The van der Waals surface area contributed by atoms with Crippen LogP contribution in [0.3, 0.4) is 0 Å². The van der Waals surface area contributed by atoms with Gasteiger partial charge in [0.2, 0.25) is 0 Å². The van der Waals surface area contributed by atoms with Gasteiger partial charge >= 0.3 is 0 Å². The SMILES string of the molecule is O=Cc1cc(Br)ccc1Sc1ccc(F)c(F)c1. The maximum Gasteiger partial charge on any atom is 0.159 e. The molecule has 2 aromatic rings. The van der Waals surface area contributed by atoms with E-state index in [1.165, 1.54) is 17.8 Å². The lowest BCUT2D eigenvalue weighted by Gasteiger charge is -2.05. The second-order valence-electron chi connectivity index (χ2n) is 3.48. The molecular weight excluding hydrogens is 322 g/mol. The van der Waals surface area contributed by atoms with Crippen LogP contribution in [-0.2, 0) is 0 Å². The van der Waals surface area contributed by atoms with Crippen LogP contribution < -0.4 is 0 Å². The summed E-state index contributed by atoms with van der Waals surface area (Å²) in [6.07, 6.45) is 0.729. The Labute approximate surface area is 115 Å². The van der Waals surface area contributed by atoms with Crippen molar-refractivity contribution in [2.75, 3.05) is 0 Å². The van der Waals surface area contributed by atoms with Crippen LogP contribution in [0.4, 0.5) is 8.78 Å². The van der Waals surface area contributed by atoms with Crippen LogP contribution in [0.5, 0.6) is 0 Å². The van der Waals surface area contributed by atoms with Crippen molar-refractivity contribution in [3.8, 4) is 0 Å². The van der Waals surface area contributed by atoms with Gasteiger partial charge in [-0.1, -0.05) is 27.7 Å². The number of halogens is 3. The van der Waals surface area contributed by atoms with E-state index in [1.807, 2.05) is 0 Å². The minimum absolute atomic E-state index is 0.499. The lowest BCUT2D eigenvalue weighted by molar-refractivity contribution is 0.112. The highest BCUT2D eigenvalue weighted by Crippen LogP contribution is 2.32. The average Bonchev–Trinajstić information content (AvgIpc) is 2.36. The lowest BCUT2D eigenvalue weighted by Crippen LogP contribution is -1.87. The highest BCUT2D eigenvalue weighted by molar-refractivity contribution is 9.10. The van der Waals surface area contributed by atoms with E-state index >= 15 is 0 Å². The third-order valence-electron chi connectivity index (χ3n) is 2.22. The van der Waals surface area contributed by atoms with Gasteiger partial charge in [-0.3, -0.25) is 4.79 Å². The van der Waals surface area contributed by atoms with Gasteiger partial charge in [0, 0.05) is 19.8 Å². The van der Waals surface area contributed by atoms with E-state index in [2.05, 4.69) is 15.9 Å². The summed E-state index contributed by atoms with van der Waals surface area (Å²) in [6, 6.07) is 8.86. The Balaban J connectivity index is 2.33. The molecule has 0 fully saturated rings. The summed E-state index contributed by atoms with van der Waals surface area (Å²) in [6.45, 7) is 0. The fourth-order valence-corrected chi connectivity index (χ4v) is 2.66. The molecule has 18 heavy (non-hydrogen) atoms. The topological polar surface area (TPSA) is 17.1 Å². The highest BCUT2D eigenvalue weighted by Gasteiger charge is 2.07. The molecule has 0 radical (unpaired) electrons. The van der Waals surface area contributed by atoms with E-state index in [4.69, 9.17) is 0 Å². The molecule has 5 heteroatoms. The lowest BCUT2D eigenvalue weighted by atomic mass is 10.2. The number of hydrogen-bond donors (Lipinski definition) is 0. The summed E-state index contributed by atoms with van der Waals surface area (Å²) < 4.78 is 26.6. The third-order valence-corrected chi connectivity index (χ3v) is 3.79. The van der Waals surface area contributed by atoms with Gasteiger partial charge in [-0.2, -0.15) is 0 Å². The number of rotatable bonds is 3. The van der Waals surface area contributed by atoms with Crippen molar-refractivity contribution in [1.82, 2.24) is 0 Å². The standard InChI is InChI=1S/C13H7BrF2OS/c14-9-1-4-13(8(5-9)7-17)18-10-2-3-11(15)12(16)6-10/h1-7H. The Morgan fingerprint density at radius 2 is 1.83 bits per heavy atom. The zero-order valence-corrected chi connectivity index (χ0v) is 11.4. The molecule has 0 spiro atoms. The van der Waals surface area contributed by atoms with Crippen LogP contribution in [0.1, 0.15) is 10.4 Å². The minimum Gasteiger partial charge on any atom is -0.298 e. The number of benzene rings is 2. The molecule has 0 unspecified atom stereocenters. The van der Waals surface area contributed by atoms with Crippen molar-refractivity contribution in [2.45, 2.75) is 9.79 Å². The first-order chi connectivity index (χ1) is 8.60. The van der Waals surface area contributed by atoms with Crippen LogP contribution in [-0.4, -0.2) is 6.29 Å². The molecule has 92 valence electrons. The van der Waals surface area contributed by atoms with Gasteiger partial charge in [-0.05, 0) is 36.4 Å². The Morgan fingerprint density at radius 3 is 2.50 bits per heavy atom. The van der Waals surface area contributed by atoms with Crippen molar-refractivity contribution in [3.05, 3.63) is 58.1 Å². The van der Waals surface area contributed by atoms with E-state index < -0.39 is 11.6 Å². The van der Waals surface area contributed by atoms with Crippen LogP contribution >= 0.6 is 27.7 Å². The van der Waals surface area contributed by atoms with Gasteiger partial charge < -0.3 is 0 Å². The van der Waals surface area contributed by atoms with Crippen LogP contribution in [0.2, 0.25) is 0 Å². The Hall–Kier alpha value is -1.20. The first-order valence-corrected chi connectivity index (χ1v) is 6.59. The van der Waals surface area contributed by atoms with Gasteiger partial charge in [-0.15, -0.1) is 0 Å². The molecule has 0 bridgehead atoms. The molecule has 0 heterocycles. The smallest absolute Gasteiger partial charge is 0.159 e. The quantitative estimate of drug-likeness (QED) is 0.760. The number of carbonyl (C=O) groups excluding carboxylic acids is 1. The molecule has 0 saturated carbocycles. The number of carbonyl (C=O) groups is 1. The highest BCUT2D eigenvalue weighted by atomic mass is 79.9. The molecule has 1 nitrogen and oxygen atoms in total. The van der Waals surface area contributed by atoms with E-state index in [9.17, 15) is 13.6 Å². The normalized spacial score (nSPS) is 10.4. The summed E-state index contributed by atoms with van der Waals surface area (Å²) in [5.41, 5.74) is 0.499. The molecule has 0 N–H and O–H groups in total.